The number of anilines is 2. The van der Waals surface area contributed by atoms with Crippen LogP contribution < -0.4 is 16.4 Å². The zero-order valence-corrected chi connectivity index (χ0v) is 15.2. The van der Waals surface area contributed by atoms with E-state index in [1.165, 1.54) is 24.3 Å². The normalized spacial score (nSPS) is 20.8. The van der Waals surface area contributed by atoms with Gasteiger partial charge in [0, 0.05) is 25.8 Å². The van der Waals surface area contributed by atoms with Crippen LogP contribution in [0.25, 0.3) is 0 Å². The summed E-state index contributed by atoms with van der Waals surface area (Å²) in [4.78, 5) is 16.4. The number of nitrogens with two attached hydrogens (primary N) is 1. The third-order valence-corrected chi connectivity index (χ3v) is 3.80. The molecule has 5 N–H and O–H groups in total. The summed E-state index contributed by atoms with van der Waals surface area (Å²) < 4.78 is 97.8. The molecule has 1 heterocycles. The molecule has 6 nitrogen and oxygen atoms in total. The first-order chi connectivity index (χ1) is 18.2. The topological polar surface area (TPSA) is 100 Å². The molecule has 0 spiro atoms. The van der Waals surface area contributed by atoms with E-state index in [9.17, 15) is 9.90 Å². The van der Waals surface area contributed by atoms with Gasteiger partial charge >= 0.3 is 0 Å². The summed E-state index contributed by atoms with van der Waals surface area (Å²) in [6.07, 6.45) is -6.82. The van der Waals surface area contributed by atoms with Crippen LogP contribution in [0.4, 0.5) is 10.8 Å². The van der Waals surface area contributed by atoms with Gasteiger partial charge < -0.3 is 21.5 Å². The molecule has 3 rings (SSSR count). The highest BCUT2D eigenvalue weighted by atomic mass is 32.1. The van der Waals surface area contributed by atoms with Gasteiger partial charge in [0.1, 0.15) is 0 Å². The Balaban J connectivity index is 1.91. The van der Waals surface area contributed by atoms with Crippen molar-refractivity contribution in [2.75, 3.05) is 24.0 Å². The molecule has 0 fully saturated rings. The van der Waals surface area contributed by atoms with E-state index in [0.29, 0.717) is 11.3 Å². The summed E-state index contributed by atoms with van der Waals surface area (Å²) in [7, 11) is 0. The quantitative estimate of drug-likeness (QED) is 0.436. The minimum absolute atomic E-state index is 0.162. The van der Waals surface area contributed by atoms with Crippen LogP contribution in [0.1, 0.15) is 39.3 Å². The summed E-state index contributed by atoms with van der Waals surface area (Å²) in [6.45, 7) is -5.90. The first-order valence-electron chi connectivity index (χ1n) is 13.9. The molecule has 28 heavy (non-hydrogen) atoms. The van der Waals surface area contributed by atoms with Gasteiger partial charge in [0.25, 0.3) is 0 Å². The molecule has 1 atom stereocenters. The van der Waals surface area contributed by atoms with Crippen molar-refractivity contribution in [3.63, 3.8) is 0 Å². The summed E-state index contributed by atoms with van der Waals surface area (Å²) in [5.41, 5.74) is 3.47. The van der Waals surface area contributed by atoms with E-state index in [4.69, 9.17) is 22.2 Å². The van der Waals surface area contributed by atoms with Crippen LogP contribution in [0.15, 0.2) is 59.9 Å². The molecule has 0 saturated carbocycles. The van der Waals surface area contributed by atoms with E-state index in [1.54, 1.807) is 6.07 Å². The van der Waals surface area contributed by atoms with Gasteiger partial charge in [-0.3, -0.25) is 4.79 Å². The Morgan fingerprint density at radius 1 is 1.32 bits per heavy atom. The SMILES string of the molecule is [2H]c1sc(N)nc1C([2H])([2H])C(=O)Nc1c([2H])c([2H])c(CC([2H])([2H])NC([2H])([2H])[C@]([2H])(O)c2ccccc2)c([2H])c1[2H]. The van der Waals surface area contributed by atoms with Crippen molar-refractivity contribution in [2.24, 2.45) is 0 Å². The fourth-order valence-electron chi connectivity index (χ4n) is 1.96. The smallest absolute Gasteiger partial charge is 0.230 e. The van der Waals surface area contributed by atoms with Crippen molar-refractivity contribution in [3.05, 3.63) is 76.7 Å². The molecule has 0 unspecified atom stereocenters. The van der Waals surface area contributed by atoms with E-state index in [2.05, 4.69) is 4.98 Å². The second-order valence-electron chi connectivity index (χ2n) is 5.25. The highest BCUT2D eigenvalue weighted by Gasteiger charge is 2.08. The van der Waals surface area contributed by atoms with Gasteiger partial charge in [-0.05, 0) is 36.1 Å². The van der Waals surface area contributed by atoms with Gasteiger partial charge in [-0.15, -0.1) is 11.3 Å². The highest BCUT2D eigenvalue weighted by Crippen LogP contribution is 2.14. The molecule has 0 aliphatic carbocycles. The third kappa shape index (κ3) is 6.16. The van der Waals surface area contributed by atoms with E-state index >= 15 is 0 Å². The number of amides is 1. The second kappa shape index (κ2) is 9.98. The number of nitrogens with one attached hydrogen (secondary N) is 2. The van der Waals surface area contributed by atoms with Crippen LogP contribution in [0.3, 0.4) is 0 Å². The first kappa shape index (κ1) is 9.65. The van der Waals surface area contributed by atoms with Gasteiger partial charge in [-0.1, -0.05) is 42.4 Å². The number of rotatable bonds is 9. The fraction of sp³-hybridized carbons (Fsp3) is 0.238. The number of aliphatic hydroxyl groups is 1. The maximum atomic E-state index is 12.7. The zero-order chi connectivity index (χ0) is 30.4. The van der Waals surface area contributed by atoms with Gasteiger partial charge in [-0.2, -0.15) is 0 Å². The van der Waals surface area contributed by atoms with Crippen LogP contribution in [-0.2, 0) is 17.6 Å². The van der Waals surface area contributed by atoms with Gasteiger partial charge in [0.2, 0.25) is 5.91 Å². The fourth-order valence-corrected chi connectivity index (χ4v) is 2.39. The first-order valence-corrected chi connectivity index (χ1v) is 8.76. The Morgan fingerprint density at radius 3 is 2.75 bits per heavy atom. The lowest BCUT2D eigenvalue weighted by atomic mass is 10.1. The molecule has 0 saturated heterocycles. The molecule has 0 bridgehead atoms. The lowest BCUT2D eigenvalue weighted by Crippen LogP contribution is -2.23. The molecule has 146 valence electrons. The lowest BCUT2D eigenvalue weighted by Gasteiger charge is -2.12. The van der Waals surface area contributed by atoms with E-state index in [-0.39, 0.29) is 10.7 Å². The van der Waals surface area contributed by atoms with Gasteiger partial charge in [-0.25, -0.2) is 4.98 Å². The summed E-state index contributed by atoms with van der Waals surface area (Å²) in [5, 5.41) is 13.9. The summed E-state index contributed by atoms with van der Waals surface area (Å²) in [5.74, 6) is -1.44. The van der Waals surface area contributed by atoms with Crippen LogP contribution >= 0.6 is 11.3 Å². The van der Waals surface area contributed by atoms with E-state index in [0.717, 1.165) is 0 Å². The Morgan fingerprint density at radius 2 is 2.07 bits per heavy atom. The van der Waals surface area contributed by atoms with Crippen molar-refractivity contribution in [3.8, 4) is 0 Å². The van der Waals surface area contributed by atoms with E-state index < -0.39 is 84.2 Å². The number of nitrogen functional groups attached to an aromatic ring is 1. The number of hydrogen-bond acceptors (Lipinski definition) is 6. The predicted octanol–water partition coefficient (Wildman–Crippen LogP) is 2.77. The average Bonchev–Trinajstić information content (AvgIpc) is 3.21. The summed E-state index contributed by atoms with van der Waals surface area (Å²) >= 11 is 0.626. The number of benzene rings is 2. The van der Waals surface area contributed by atoms with Crippen molar-refractivity contribution < 1.29 is 26.4 Å². The predicted molar refractivity (Wildman–Crippen MR) is 113 cm³/mol. The van der Waals surface area contributed by atoms with Crippen molar-refractivity contribution in [1.29, 1.82) is 0 Å². The largest absolute Gasteiger partial charge is 0.387 e. The minimum Gasteiger partial charge on any atom is -0.387 e. The summed E-state index contributed by atoms with van der Waals surface area (Å²) in [6, 6.07) is 3.74. The van der Waals surface area contributed by atoms with E-state index in [1.807, 2.05) is 10.6 Å². The maximum Gasteiger partial charge on any atom is 0.230 e. The van der Waals surface area contributed by atoms with Crippen molar-refractivity contribution in [1.82, 2.24) is 10.3 Å². The standard InChI is InChI=1S/C21H24N4O2S/c22-21-25-18(14-28-21)12-20(27)24-17-8-6-15(7-9-17)10-11-23-13-19(26)16-4-2-1-3-5-16/h1-9,14,19,23,26H,10-13H2,(H2,22,25)(H,24,27)/t19-/m0/s1/i6D,7D,8D,9D,11D2,12D2,13D2,14D,19D. The zero-order valence-electron chi connectivity index (χ0n) is 26.4. The van der Waals surface area contributed by atoms with Crippen LogP contribution in [-0.4, -0.2) is 29.0 Å². The Bertz CT molecular complexity index is 1400. The third-order valence-electron chi connectivity index (χ3n) is 3.20. The minimum atomic E-state index is -3.09. The number of aromatic nitrogens is 1. The second-order valence-corrected chi connectivity index (χ2v) is 6.08. The molecule has 1 aromatic heterocycles. The Labute approximate surface area is 185 Å². The number of thiazole rings is 1. The Hall–Kier alpha value is -2.74. The van der Waals surface area contributed by atoms with Crippen LogP contribution in [0.5, 0.6) is 0 Å². The molecule has 0 radical (unpaired) electrons. The van der Waals surface area contributed by atoms with Crippen molar-refractivity contribution in [2.45, 2.75) is 18.9 Å². The average molecular weight is 409 g/mol. The van der Waals surface area contributed by atoms with Gasteiger partial charge in [0.15, 0.2) is 5.13 Å². The Kier molecular flexibility index (Phi) is 3.44. The molecule has 1 amide bonds. The van der Waals surface area contributed by atoms with Crippen LogP contribution in [0, 0.1) is 0 Å². The molecule has 3 aromatic rings. The van der Waals surface area contributed by atoms with Crippen molar-refractivity contribution >= 4 is 28.1 Å². The lowest BCUT2D eigenvalue weighted by molar-refractivity contribution is -0.115. The number of carbonyl (C=O) groups excluding carboxylic acids is 1. The molecule has 7 heteroatoms. The molecule has 0 aliphatic rings. The highest BCUT2D eigenvalue weighted by molar-refractivity contribution is 7.13. The molecular weight excluding hydrogens is 372 g/mol. The van der Waals surface area contributed by atoms with Crippen LogP contribution in [0.2, 0.25) is 0 Å². The molecule has 0 aliphatic heterocycles. The number of carbonyl (C=O) groups is 1. The number of nitrogens with zero attached hydrogens (tertiary/aromatic N) is 1. The number of hydrogen-bond donors (Lipinski definition) is 4. The monoisotopic (exact) mass is 408 g/mol. The van der Waals surface area contributed by atoms with Gasteiger partial charge in [0.05, 0.1) is 26.4 Å². The maximum absolute atomic E-state index is 12.7. The molecule has 2 aromatic carbocycles. The molecular formula is C21H24N4O2S.